The van der Waals surface area contributed by atoms with Crippen LogP contribution in [0.25, 0.3) is 0 Å². The maximum Gasteiger partial charge on any atom is 0.252 e. The fraction of sp³-hybridized carbons (Fsp3) is 0.556. The molecule has 0 unspecified atom stereocenters. The lowest BCUT2D eigenvalue weighted by Crippen LogP contribution is -2.28. The van der Waals surface area contributed by atoms with Crippen molar-refractivity contribution in [3.05, 3.63) is 59.4 Å². The highest BCUT2D eigenvalue weighted by Gasteiger charge is 2.08. The average Bonchev–Trinajstić information content (AvgIpc) is 2.77. The molecule has 1 aromatic carbocycles. The number of unbranched alkanes of at least 4 members (excludes halogenated alkanes) is 9. The van der Waals surface area contributed by atoms with E-state index < -0.39 is 0 Å². The molecule has 4 nitrogen and oxygen atoms in total. The van der Waals surface area contributed by atoms with Crippen molar-refractivity contribution in [2.24, 2.45) is 7.05 Å². The first-order valence-corrected chi connectivity index (χ1v) is 12.1. The molecule has 0 spiro atoms. The third-order valence-corrected chi connectivity index (χ3v) is 5.76. The first kappa shape index (κ1) is 24.9. The molecule has 0 radical (unpaired) electrons. The van der Waals surface area contributed by atoms with Crippen LogP contribution in [0.4, 0.5) is 0 Å². The Morgan fingerprint density at radius 2 is 1.52 bits per heavy atom. The maximum absolute atomic E-state index is 12.3. The van der Waals surface area contributed by atoms with E-state index in [4.69, 9.17) is 4.74 Å². The molecular weight excluding hydrogens is 384 g/mol. The minimum Gasteiger partial charge on any atom is -0.494 e. The van der Waals surface area contributed by atoms with E-state index in [-0.39, 0.29) is 5.91 Å². The molecule has 4 heteroatoms. The van der Waals surface area contributed by atoms with Crippen LogP contribution >= 0.6 is 0 Å². The van der Waals surface area contributed by atoms with Gasteiger partial charge >= 0.3 is 0 Å². The maximum atomic E-state index is 12.3. The molecular formula is C27H41N2O2+. The van der Waals surface area contributed by atoms with Crippen LogP contribution in [0.3, 0.4) is 0 Å². The van der Waals surface area contributed by atoms with Gasteiger partial charge in [0.15, 0.2) is 12.4 Å². The second-order valence-electron chi connectivity index (χ2n) is 8.55. The fourth-order valence-corrected chi connectivity index (χ4v) is 3.67. The van der Waals surface area contributed by atoms with Gasteiger partial charge in [0.05, 0.1) is 12.2 Å². The average molecular weight is 426 g/mol. The molecule has 0 atom stereocenters. The van der Waals surface area contributed by atoms with E-state index in [0.717, 1.165) is 29.9 Å². The van der Waals surface area contributed by atoms with E-state index in [2.05, 4.69) is 31.3 Å². The normalized spacial score (nSPS) is 10.8. The Morgan fingerprint density at radius 1 is 0.903 bits per heavy atom. The zero-order chi connectivity index (χ0) is 22.3. The van der Waals surface area contributed by atoms with Gasteiger partial charge in [-0.05, 0) is 36.6 Å². The van der Waals surface area contributed by atoms with Gasteiger partial charge < -0.3 is 10.1 Å². The second kappa shape index (κ2) is 14.6. The van der Waals surface area contributed by atoms with Crippen LogP contribution in [-0.2, 0) is 13.6 Å². The molecule has 0 bridgehead atoms. The summed E-state index contributed by atoms with van der Waals surface area (Å²) < 4.78 is 7.84. The van der Waals surface area contributed by atoms with Crippen molar-refractivity contribution in [2.75, 3.05) is 6.61 Å². The minimum atomic E-state index is -0.0544. The highest BCUT2D eigenvalue weighted by Crippen LogP contribution is 2.18. The Morgan fingerprint density at radius 3 is 2.13 bits per heavy atom. The number of carbonyl (C=O) groups excluding carboxylic acids is 1. The van der Waals surface area contributed by atoms with Crippen LogP contribution in [0.2, 0.25) is 0 Å². The summed E-state index contributed by atoms with van der Waals surface area (Å²) in [6.07, 6.45) is 17.1. The lowest BCUT2D eigenvalue weighted by Gasteiger charge is -2.11. The van der Waals surface area contributed by atoms with Crippen molar-refractivity contribution in [3.8, 4) is 5.75 Å². The summed E-state index contributed by atoms with van der Waals surface area (Å²) in [7, 11) is 1.94. The number of nitrogens with one attached hydrogen (secondary N) is 1. The molecule has 0 saturated heterocycles. The molecule has 1 N–H and O–H groups in total. The highest BCUT2D eigenvalue weighted by molar-refractivity contribution is 5.93. The van der Waals surface area contributed by atoms with Crippen LogP contribution in [0.5, 0.6) is 5.75 Å². The van der Waals surface area contributed by atoms with Gasteiger partial charge in [0.2, 0.25) is 0 Å². The largest absolute Gasteiger partial charge is 0.494 e. The molecule has 1 amide bonds. The molecule has 0 aliphatic rings. The van der Waals surface area contributed by atoms with Crippen LogP contribution in [-0.4, -0.2) is 12.5 Å². The van der Waals surface area contributed by atoms with Crippen molar-refractivity contribution in [2.45, 2.75) is 84.6 Å². The standard InChI is InChI=1S/C27H40N2O2/c1-4-5-6-7-8-9-10-11-12-13-20-31-26-15-14-25(23(2)21-26)22-28-27(30)24-16-18-29(3)19-17-24/h14-19,21H,4-13,20,22H2,1-3H3/p+1. The Hall–Kier alpha value is -2.36. The third kappa shape index (κ3) is 9.99. The first-order valence-electron chi connectivity index (χ1n) is 12.1. The number of hydrogen-bond acceptors (Lipinski definition) is 2. The van der Waals surface area contributed by atoms with E-state index in [1.165, 1.54) is 57.8 Å². The first-order chi connectivity index (χ1) is 15.1. The summed E-state index contributed by atoms with van der Waals surface area (Å²) in [6.45, 7) is 5.63. The van der Waals surface area contributed by atoms with Gasteiger partial charge in [0.25, 0.3) is 5.91 Å². The fourth-order valence-electron chi connectivity index (χ4n) is 3.67. The number of ether oxygens (including phenoxy) is 1. The predicted molar refractivity (Wildman–Crippen MR) is 127 cm³/mol. The Kier molecular flexibility index (Phi) is 11.7. The summed E-state index contributed by atoms with van der Waals surface area (Å²) >= 11 is 0. The lowest BCUT2D eigenvalue weighted by molar-refractivity contribution is -0.671. The lowest BCUT2D eigenvalue weighted by atomic mass is 10.1. The number of rotatable bonds is 15. The molecule has 2 aromatic rings. The quantitative estimate of drug-likeness (QED) is 0.279. The van der Waals surface area contributed by atoms with Gasteiger partial charge in [0, 0.05) is 18.7 Å². The second-order valence-corrected chi connectivity index (χ2v) is 8.55. The Balaban J connectivity index is 1.60. The molecule has 170 valence electrons. The number of pyridine rings is 1. The topological polar surface area (TPSA) is 42.2 Å². The van der Waals surface area contributed by atoms with Crippen molar-refractivity contribution >= 4 is 5.91 Å². The van der Waals surface area contributed by atoms with Gasteiger partial charge in [-0.1, -0.05) is 70.8 Å². The van der Waals surface area contributed by atoms with Gasteiger partial charge in [-0.25, -0.2) is 4.57 Å². The highest BCUT2D eigenvalue weighted by atomic mass is 16.5. The van der Waals surface area contributed by atoms with Crippen molar-refractivity contribution in [1.82, 2.24) is 5.32 Å². The van der Waals surface area contributed by atoms with Crippen molar-refractivity contribution < 1.29 is 14.1 Å². The Labute approximate surface area is 189 Å². The minimum absolute atomic E-state index is 0.0544. The molecule has 1 aromatic heterocycles. The number of aryl methyl sites for hydroxylation is 2. The SMILES string of the molecule is CCCCCCCCCCCCOc1ccc(CNC(=O)c2cc[n+](C)cc2)c(C)c1. The summed E-state index contributed by atoms with van der Waals surface area (Å²) in [4.78, 5) is 12.3. The summed E-state index contributed by atoms with van der Waals surface area (Å²) in [5.74, 6) is 0.861. The number of nitrogens with zero attached hydrogens (tertiary/aromatic N) is 1. The van der Waals surface area contributed by atoms with Crippen LogP contribution < -0.4 is 14.6 Å². The van der Waals surface area contributed by atoms with Gasteiger partial charge in [-0.3, -0.25) is 4.79 Å². The summed E-state index contributed by atoms with van der Waals surface area (Å²) in [5.41, 5.74) is 2.92. The predicted octanol–water partition coefficient (Wildman–Crippen LogP) is 6.05. The van der Waals surface area contributed by atoms with Gasteiger partial charge in [-0.15, -0.1) is 0 Å². The Bertz CT molecular complexity index is 771. The van der Waals surface area contributed by atoms with Crippen molar-refractivity contribution in [3.63, 3.8) is 0 Å². The number of aromatic nitrogens is 1. The summed E-state index contributed by atoms with van der Waals surface area (Å²) in [5, 5.41) is 3.00. The van der Waals surface area contributed by atoms with E-state index in [9.17, 15) is 4.79 Å². The van der Waals surface area contributed by atoms with Gasteiger partial charge in [0.1, 0.15) is 12.8 Å². The molecule has 0 aliphatic carbocycles. The van der Waals surface area contributed by atoms with Gasteiger partial charge in [-0.2, -0.15) is 0 Å². The van der Waals surface area contributed by atoms with Crippen LogP contribution in [0.15, 0.2) is 42.7 Å². The summed E-state index contributed by atoms with van der Waals surface area (Å²) in [6, 6.07) is 9.78. The van der Waals surface area contributed by atoms with Crippen LogP contribution in [0, 0.1) is 6.92 Å². The van der Waals surface area contributed by atoms with E-state index in [0.29, 0.717) is 12.1 Å². The van der Waals surface area contributed by atoms with Crippen LogP contribution in [0.1, 0.15) is 92.6 Å². The monoisotopic (exact) mass is 425 g/mol. The molecule has 0 saturated carbocycles. The van der Waals surface area contributed by atoms with E-state index >= 15 is 0 Å². The smallest absolute Gasteiger partial charge is 0.252 e. The number of hydrogen-bond donors (Lipinski definition) is 1. The third-order valence-electron chi connectivity index (χ3n) is 5.76. The zero-order valence-corrected chi connectivity index (χ0v) is 19.8. The number of amides is 1. The molecule has 0 aliphatic heterocycles. The zero-order valence-electron chi connectivity index (χ0n) is 19.8. The number of benzene rings is 1. The number of carbonyl (C=O) groups is 1. The van der Waals surface area contributed by atoms with E-state index in [1.807, 2.05) is 42.2 Å². The molecule has 2 rings (SSSR count). The van der Waals surface area contributed by atoms with Crippen molar-refractivity contribution in [1.29, 1.82) is 0 Å². The molecule has 0 fully saturated rings. The molecule has 31 heavy (non-hydrogen) atoms. The molecule has 1 heterocycles. The van der Waals surface area contributed by atoms with E-state index in [1.54, 1.807) is 0 Å².